The van der Waals surface area contributed by atoms with Crippen molar-refractivity contribution in [2.75, 3.05) is 0 Å². The molecular weight excluding hydrogens is 162 g/mol. The fourth-order valence-electron chi connectivity index (χ4n) is 1.03. The second-order valence-corrected chi connectivity index (χ2v) is 2.85. The van der Waals surface area contributed by atoms with Crippen LogP contribution in [-0.2, 0) is 0 Å². The van der Waals surface area contributed by atoms with E-state index in [1.54, 1.807) is 0 Å². The normalized spacial score (nSPS) is 13.0. The molecule has 68 valence electrons. The van der Waals surface area contributed by atoms with Crippen LogP contribution in [0.4, 0.5) is 0 Å². The van der Waals surface area contributed by atoms with Gasteiger partial charge in [-0.1, -0.05) is 54.6 Å². The topological polar surface area (TPSA) is 29.4 Å². The quantitative estimate of drug-likeness (QED) is 0.646. The van der Waals surface area contributed by atoms with E-state index in [0.29, 0.717) is 0 Å². The Kier molecular flexibility index (Phi) is 3.89. The Morgan fingerprint density at radius 3 is 2.62 bits per heavy atom. The van der Waals surface area contributed by atoms with Crippen molar-refractivity contribution in [2.24, 2.45) is 5.18 Å². The zero-order chi connectivity index (χ0) is 9.52. The van der Waals surface area contributed by atoms with Crippen LogP contribution in [-0.4, -0.2) is 6.04 Å². The maximum atomic E-state index is 10.3. The Morgan fingerprint density at radius 2 is 2.08 bits per heavy atom. The number of nitrogens with zero attached hydrogens (tertiary/aromatic N) is 1. The van der Waals surface area contributed by atoms with Crippen LogP contribution in [0.15, 0.2) is 41.6 Å². The molecule has 0 spiro atoms. The number of rotatable bonds is 4. The Hall–Kier alpha value is -1.44. The van der Waals surface area contributed by atoms with Gasteiger partial charge in [-0.25, -0.2) is 0 Å². The molecule has 1 unspecified atom stereocenters. The van der Waals surface area contributed by atoms with Crippen LogP contribution >= 0.6 is 0 Å². The number of hydrogen-bond donors (Lipinski definition) is 0. The van der Waals surface area contributed by atoms with Crippen molar-refractivity contribution in [1.82, 2.24) is 0 Å². The number of hydrogen-bond acceptors (Lipinski definition) is 2. The molecule has 1 aromatic carbocycles. The highest BCUT2D eigenvalue weighted by molar-refractivity contribution is 5.49. The van der Waals surface area contributed by atoms with Gasteiger partial charge in [-0.15, -0.1) is 0 Å². The Morgan fingerprint density at radius 1 is 1.38 bits per heavy atom. The fraction of sp³-hybridized carbons (Fsp3) is 0.273. The molecule has 1 rings (SSSR count). The average molecular weight is 175 g/mol. The monoisotopic (exact) mass is 175 g/mol. The zero-order valence-electron chi connectivity index (χ0n) is 7.68. The number of benzene rings is 1. The SMILES string of the molecule is CCC(C=Cc1ccccc1)N=O. The molecule has 1 atom stereocenters. The summed E-state index contributed by atoms with van der Waals surface area (Å²) in [4.78, 5) is 10.3. The third kappa shape index (κ3) is 3.20. The summed E-state index contributed by atoms with van der Waals surface area (Å²) >= 11 is 0. The van der Waals surface area contributed by atoms with Gasteiger partial charge in [0.05, 0.1) is 0 Å². The zero-order valence-corrected chi connectivity index (χ0v) is 7.68. The van der Waals surface area contributed by atoms with Crippen molar-refractivity contribution in [2.45, 2.75) is 19.4 Å². The van der Waals surface area contributed by atoms with Gasteiger partial charge in [0.15, 0.2) is 0 Å². The first-order chi connectivity index (χ1) is 6.36. The molecule has 0 fully saturated rings. The van der Waals surface area contributed by atoms with Gasteiger partial charge >= 0.3 is 0 Å². The van der Waals surface area contributed by atoms with E-state index >= 15 is 0 Å². The molecular formula is C11H13NO. The predicted octanol–water partition coefficient (Wildman–Crippen LogP) is 3.24. The van der Waals surface area contributed by atoms with Crippen LogP contribution in [0.3, 0.4) is 0 Å². The molecule has 0 saturated carbocycles. The molecule has 0 heterocycles. The minimum Gasteiger partial charge on any atom is -0.150 e. The van der Waals surface area contributed by atoms with E-state index in [0.717, 1.165) is 12.0 Å². The summed E-state index contributed by atoms with van der Waals surface area (Å²) in [6.07, 6.45) is 4.52. The first kappa shape index (κ1) is 9.65. The fourth-order valence-corrected chi connectivity index (χ4v) is 1.03. The van der Waals surface area contributed by atoms with Crippen molar-refractivity contribution in [1.29, 1.82) is 0 Å². The first-order valence-electron chi connectivity index (χ1n) is 4.42. The molecule has 0 aliphatic heterocycles. The molecule has 0 bridgehead atoms. The highest BCUT2D eigenvalue weighted by Crippen LogP contribution is 2.05. The maximum absolute atomic E-state index is 10.3. The second kappa shape index (κ2) is 5.25. The van der Waals surface area contributed by atoms with Crippen LogP contribution < -0.4 is 0 Å². The second-order valence-electron chi connectivity index (χ2n) is 2.85. The van der Waals surface area contributed by atoms with E-state index in [2.05, 4.69) is 5.18 Å². The molecule has 2 heteroatoms. The van der Waals surface area contributed by atoms with Gasteiger partial charge in [-0.3, -0.25) is 0 Å². The van der Waals surface area contributed by atoms with E-state index in [9.17, 15) is 4.91 Å². The molecule has 0 radical (unpaired) electrons. The van der Waals surface area contributed by atoms with E-state index in [-0.39, 0.29) is 6.04 Å². The van der Waals surface area contributed by atoms with E-state index in [4.69, 9.17) is 0 Å². The van der Waals surface area contributed by atoms with Crippen molar-refractivity contribution in [3.63, 3.8) is 0 Å². The summed E-state index contributed by atoms with van der Waals surface area (Å²) in [6, 6.07) is 9.69. The van der Waals surface area contributed by atoms with Gasteiger partial charge in [-0.05, 0) is 12.0 Å². The Balaban J connectivity index is 2.62. The summed E-state index contributed by atoms with van der Waals surface area (Å²) < 4.78 is 0. The Bertz CT molecular complexity index is 279. The maximum Gasteiger partial charge on any atom is 0.110 e. The standard InChI is InChI=1S/C11H13NO/c1-2-11(12-13)9-8-10-6-4-3-5-7-10/h3-9,11H,2H2,1H3. The lowest BCUT2D eigenvalue weighted by atomic mass is 10.1. The van der Waals surface area contributed by atoms with Crippen LogP contribution in [0.1, 0.15) is 18.9 Å². The molecule has 0 amide bonds. The first-order valence-corrected chi connectivity index (χ1v) is 4.42. The third-order valence-corrected chi connectivity index (χ3v) is 1.86. The van der Waals surface area contributed by atoms with Gasteiger partial charge in [0, 0.05) is 0 Å². The lowest BCUT2D eigenvalue weighted by molar-refractivity contribution is 0.781. The largest absolute Gasteiger partial charge is 0.150 e. The van der Waals surface area contributed by atoms with E-state index in [1.165, 1.54) is 0 Å². The van der Waals surface area contributed by atoms with Gasteiger partial charge in [0.25, 0.3) is 0 Å². The summed E-state index contributed by atoms with van der Waals surface area (Å²) in [5, 5.41) is 2.98. The van der Waals surface area contributed by atoms with Gasteiger partial charge in [0.1, 0.15) is 6.04 Å². The van der Waals surface area contributed by atoms with E-state index < -0.39 is 0 Å². The average Bonchev–Trinajstić information content (AvgIpc) is 2.21. The Labute approximate surface area is 78.3 Å². The smallest absolute Gasteiger partial charge is 0.110 e. The predicted molar refractivity (Wildman–Crippen MR) is 55.4 cm³/mol. The highest BCUT2D eigenvalue weighted by atomic mass is 16.3. The van der Waals surface area contributed by atoms with Gasteiger partial charge in [0.2, 0.25) is 0 Å². The molecule has 2 nitrogen and oxygen atoms in total. The lowest BCUT2D eigenvalue weighted by Crippen LogP contribution is -1.94. The molecule has 0 aliphatic rings. The van der Waals surface area contributed by atoms with Crippen LogP contribution in [0.2, 0.25) is 0 Å². The molecule has 0 saturated heterocycles. The van der Waals surface area contributed by atoms with Crippen LogP contribution in [0, 0.1) is 4.91 Å². The lowest BCUT2D eigenvalue weighted by Gasteiger charge is -1.96. The molecule has 13 heavy (non-hydrogen) atoms. The molecule has 1 aromatic rings. The summed E-state index contributed by atoms with van der Waals surface area (Å²) in [7, 11) is 0. The summed E-state index contributed by atoms with van der Waals surface area (Å²) in [5.74, 6) is 0. The van der Waals surface area contributed by atoms with E-state index in [1.807, 2.05) is 49.4 Å². The van der Waals surface area contributed by atoms with Crippen molar-refractivity contribution >= 4 is 6.08 Å². The molecule has 0 aliphatic carbocycles. The molecule has 0 aromatic heterocycles. The molecule has 0 N–H and O–H groups in total. The van der Waals surface area contributed by atoms with Gasteiger partial charge < -0.3 is 0 Å². The van der Waals surface area contributed by atoms with Crippen molar-refractivity contribution < 1.29 is 0 Å². The summed E-state index contributed by atoms with van der Waals surface area (Å²) in [6.45, 7) is 1.95. The minimum absolute atomic E-state index is 0.194. The third-order valence-electron chi connectivity index (χ3n) is 1.86. The van der Waals surface area contributed by atoms with Crippen LogP contribution in [0.25, 0.3) is 6.08 Å². The highest BCUT2D eigenvalue weighted by Gasteiger charge is 1.97. The number of nitroso groups, excluding NO2 is 1. The minimum atomic E-state index is -0.194. The van der Waals surface area contributed by atoms with Crippen molar-refractivity contribution in [3.05, 3.63) is 46.9 Å². The van der Waals surface area contributed by atoms with Crippen molar-refractivity contribution in [3.8, 4) is 0 Å². The summed E-state index contributed by atoms with van der Waals surface area (Å²) in [5.41, 5.74) is 1.10. The van der Waals surface area contributed by atoms with Gasteiger partial charge in [-0.2, -0.15) is 4.91 Å². The van der Waals surface area contributed by atoms with Crippen LogP contribution in [0.5, 0.6) is 0 Å².